The molecule has 0 aromatic heterocycles. The van der Waals surface area contributed by atoms with E-state index in [1.807, 2.05) is 70.2 Å². The van der Waals surface area contributed by atoms with Gasteiger partial charge in [0.25, 0.3) is 0 Å². The van der Waals surface area contributed by atoms with Gasteiger partial charge in [-0.3, -0.25) is 9.59 Å². The number of carbonyl (C=O) groups excluding carboxylic acids is 2. The summed E-state index contributed by atoms with van der Waals surface area (Å²) in [6.45, 7) is 10.5. The lowest BCUT2D eigenvalue weighted by Crippen LogP contribution is -2.54. The van der Waals surface area contributed by atoms with Gasteiger partial charge in [0.15, 0.2) is 0 Å². The van der Waals surface area contributed by atoms with Gasteiger partial charge in [-0.2, -0.15) is 0 Å². The summed E-state index contributed by atoms with van der Waals surface area (Å²) in [6.07, 6.45) is 2.46. The van der Waals surface area contributed by atoms with E-state index in [9.17, 15) is 9.59 Å². The summed E-state index contributed by atoms with van der Waals surface area (Å²) >= 11 is 0. The lowest BCUT2D eigenvalue weighted by Gasteiger charge is -2.34. The Morgan fingerprint density at radius 2 is 1.39 bits per heavy atom. The van der Waals surface area contributed by atoms with Crippen LogP contribution in [-0.4, -0.2) is 28.3 Å². The Morgan fingerprint density at radius 1 is 0.806 bits per heavy atom. The van der Waals surface area contributed by atoms with Crippen molar-refractivity contribution in [2.24, 2.45) is 0 Å². The van der Waals surface area contributed by atoms with Crippen LogP contribution in [0.2, 0.25) is 0 Å². The highest BCUT2D eigenvalue weighted by Crippen LogP contribution is 2.18. The highest BCUT2D eigenvalue weighted by molar-refractivity contribution is 5.88. The van der Waals surface area contributed by atoms with E-state index in [0.29, 0.717) is 25.8 Å². The van der Waals surface area contributed by atoms with Crippen LogP contribution in [0, 0.1) is 6.92 Å². The molecule has 0 aliphatic rings. The quantitative estimate of drug-likeness (QED) is 0.381. The average molecular weight is 485 g/mol. The Hall–Kier alpha value is -3.40. The minimum Gasteiger partial charge on any atom is -0.350 e. The first-order chi connectivity index (χ1) is 17.1. The van der Waals surface area contributed by atoms with Crippen LogP contribution in [0.15, 0.2) is 78.9 Å². The van der Waals surface area contributed by atoms with Crippen molar-refractivity contribution in [3.8, 4) is 0 Å². The molecule has 0 radical (unpaired) electrons. The second-order valence-corrected chi connectivity index (χ2v) is 10.6. The molecule has 4 nitrogen and oxygen atoms in total. The Balaban J connectivity index is 1.90. The number of nitrogens with one attached hydrogen (secondary N) is 1. The normalized spacial score (nSPS) is 12.1. The van der Waals surface area contributed by atoms with Crippen molar-refractivity contribution in [2.45, 2.75) is 78.4 Å². The molecular weight excluding hydrogens is 444 g/mol. The molecule has 0 aliphatic heterocycles. The minimum absolute atomic E-state index is 0.0138. The van der Waals surface area contributed by atoms with Gasteiger partial charge in [0.05, 0.1) is 0 Å². The lowest BCUT2D eigenvalue weighted by molar-refractivity contribution is -0.141. The first-order valence-electron chi connectivity index (χ1n) is 12.9. The van der Waals surface area contributed by atoms with Crippen molar-refractivity contribution in [1.82, 2.24) is 10.2 Å². The summed E-state index contributed by atoms with van der Waals surface area (Å²) in [5.74, 6) is -0.140. The van der Waals surface area contributed by atoms with Crippen molar-refractivity contribution in [3.63, 3.8) is 0 Å². The topological polar surface area (TPSA) is 49.4 Å². The molecule has 0 heterocycles. The standard InChI is InChI=1S/C32H40N2O2/c1-6-25-16-18-26(19-17-25)20-21-30(35)34(23-28-14-12-24(2)13-15-28)29(31(36)33-32(3,4)5)22-27-10-8-7-9-11-27/h7-19,29H,6,20-23H2,1-5H3,(H,33,36)/t29-/m0/s1. The molecule has 1 N–H and O–H groups in total. The van der Waals surface area contributed by atoms with E-state index in [1.54, 1.807) is 4.90 Å². The van der Waals surface area contributed by atoms with Gasteiger partial charge in [-0.15, -0.1) is 0 Å². The van der Waals surface area contributed by atoms with Crippen molar-refractivity contribution in [2.75, 3.05) is 0 Å². The van der Waals surface area contributed by atoms with Gasteiger partial charge in [0.2, 0.25) is 11.8 Å². The van der Waals surface area contributed by atoms with Crippen molar-refractivity contribution in [3.05, 3.63) is 107 Å². The van der Waals surface area contributed by atoms with E-state index in [1.165, 1.54) is 11.1 Å². The molecule has 0 fully saturated rings. The largest absolute Gasteiger partial charge is 0.350 e. The van der Waals surface area contributed by atoms with Crippen molar-refractivity contribution in [1.29, 1.82) is 0 Å². The summed E-state index contributed by atoms with van der Waals surface area (Å²) in [6, 6.07) is 26.0. The fourth-order valence-electron chi connectivity index (χ4n) is 4.23. The zero-order valence-corrected chi connectivity index (χ0v) is 22.4. The van der Waals surface area contributed by atoms with Gasteiger partial charge in [-0.25, -0.2) is 0 Å². The van der Waals surface area contributed by atoms with E-state index < -0.39 is 11.6 Å². The summed E-state index contributed by atoms with van der Waals surface area (Å²) in [5.41, 5.74) is 5.23. The van der Waals surface area contributed by atoms with E-state index >= 15 is 0 Å². The van der Waals surface area contributed by atoms with E-state index in [2.05, 4.69) is 48.6 Å². The van der Waals surface area contributed by atoms with Gasteiger partial charge in [0, 0.05) is 24.9 Å². The second kappa shape index (κ2) is 12.5. The van der Waals surface area contributed by atoms with Crippen LogP contribution in [0.25, 0.3) is 0 Å². The van der Waals surface area contributed by atoms with Crippen molar-refractivity contribution < 1.29 is 9.59 Å². The molecule has 3 aromatic rings. The highest BCUT2D eigenvalue weighted by atomic mass is 16.2. The molecule has 3 aromatic carbocycles. The summed E-state index contributed by atoms with van der Waals surface area (Å²) in [5, 5.41) is 3.12. The van der Waals surface area contributed by atoms with E-state index in [0.717, 1.165) is 23.1 Å². The third-order valence-corrected chi connectivity index (χ3v) is 6.30. The number of carbonyl (C=O) groups is 2. The molecule has 0 unspecified atom stereocenters. The molecule has 4 heteroatoms. The maximum absolute atomic E-state index is 13.8. The number of aryl methyl sites for hydroxylation is 3. The van der Waals surface area contributed by atoms with Gasteiger partial charge < -0.3 is 10.2 Å². The second-order valence-electron chi connectivity index (χ2n) is 10.6. The summed E-state index contributed by atoms with van der Waals surface area (Å²) in [4.78, 5) is 29.1. The summed E-state index contributed by atoms with van der Waals surface area (Å²) in [7, 11) is 0. The predicted molar refractivity (Wildman–Crippen MR) is 148 cm³/mol. The van der Waals surface area contributed by atoms with Gasteiger partial charge in [0.1, 0.15) is 6.04 Å². The fraction of sp³-hybridized carbons (Fsp3) is 0.375. The lowest BCUT2D eigenvalue weighted by atomic mass is 9.99. The highest BCUT2D eigenvalue weighted by Gasteiger charge is 2.32. The van der Waals surface area contributed by atoms with E-state index in [4.69, 9.17) is 0 Å². The first kappa shape index (κ1) is 27.2. The van der Waals surface area contributed by atoms with Crippen molar-refractivity contribution >= 4 is 11.8 Å². The first-order valence-corrected chi connectivity index (χ1v) is 12.9. The number of hydrogen-bond donors (Lipinski definition) is 1. The molecule has 36 heavy (non-hydrogen) atoms. The summed E-state index contributed by atoms with van der Waals surface area (Å²) < 4.78 is 0. The third-order valence-electron chi connectivity index (χ3n) is 6.30. The maximum atomic E-state index is 13.8. The monoisotopic (exact) mass is 484 g/mol. The fourth-order valence-corrected chi connectivity index (χ4v) is 4.23. The maximum Gasteiger partial charge on any atom is 0.243 e. The Labute approximate surface area is 216 Å². The molecule has 1 atom stereocenters. The molecule has 3 rings (SSSR count). The van der Waals surface area contributed by atoms with Crippen LogP contribution in [0.5, 0.6) is 0 Å². The van der Waals surface area contributed by atoms with E-state index in [-0.39, 0.29) is 11.8 Å². The molecule has 190 valence electrons. The zero-order valence-electron chi connectivity index (χ0n) is 22.4. The Morgan fingerprint density at radius 3 is 1.97 bits per heavy atom. The van der Waals surface area contributed by atoms with Crippen LogP contribution in [-0.2, 0) is 35.4 Å². The third kappa shape index (κ3) is 8.37. The molecule has 0 saturated heterocycles. The Bertz CT molecular complexity index is 1110. The molecule has 0 aliphatic carbocycles. The number of nitrogens with zero attached hydrogens (tertiary/aromatic N) is 1. The molecular formula is C32H40N2O2. The van der Waals surface area contributed by atoms with Gasteiger partial charge in [-0.1, -0.05) is 91.3 Å². The SMILES string of the molecule is CCc1ccc(CCC(=O)N(Cc2ccc(C)cc2)[C@@H](Cc2ccccc2)C(=O)NC(C)(C)C)cc1. The van der Waals surface area contributed by atoms with Gasteiger partial charge in [-0.05, 0) is 62.8 Å². The van der Waals surface area contributed by atoms with Crippen LogP contribution >= 0.6 is 0 Å². The number of amides is 2. The minimum atomic E-state index is -0.608. The molecule has 0 spiro atoms. The van der Waals surface area contributed by atoms with Crippen LogP contribution < -0.4 is 5.32 Å². The number of benzene rings is 3. The zero-order chi connectivity index (χ0) is 26.1. The van der Waals surface area contributed by atoms with Crippen LogP contribution in [0.4, 0.5) is 0 Å². The van der Waals surface area contributed by atoms with Crippen LogP contribution in [0.3, 0.4) is 0 Å². The average Bonchev–Trinajstić information content (AvgIpc) is 2.85. The Kier molecular flexibility index (Phi) is 9.46. The molecule has 2 amide bonds. The smallest absolute Gasteiger partial charge is 0.243 e. The van der Waals surface area contributed by atoms with Gasteiger partial charge >= 0.3 is 0 Å². The van der Waals surface area contributed by atoms with Crippen LogP contribution in [0.1, 0.15) is 61.9 Å². The number of hydrogen-bond acceptors (Lipinski definition) is 2. The number of rotatable bonds is 10. The molecule has 0 bridgehead atoms. The predicted octanol–water partition coefficient (Wildman–Crippen LogP) is 6.04. The molecule has 0 saturated carbocycles.